The highest BCUT2D eigenvalue weighted by Crippen LogP contribution is 2.21. The smallest absolute Gasteiger partial charge is 0.246 e. The van der Waals surface area contributed by atoms with E-state index < -0.39 is 10.0 Å². The minimum absolute atomic E-state index is 0.157. The first-order valence-corrected chi connectivity index (χ1v) is 9.22. The fraction of sp³-hybridized carbons (Fsp3) is 0.308. The lowest BCUT2D eigenvalue weighted by molar-refractivity contribution is 0.448. The number of halogens is 2. The number of hydrogen-bond donors (Lipinski definition) is 1. The molecule has 0 unspecified atom stereocenters. The highest BCUT2D eigenvalue weighted by Gasteiger charge is 2.23. The van der Waals surface area contributed by atoms with Crippen molar-refractivity contribution in [1.29, 1.82) is 0 Å². The summed E-state index contributed by atoms with van der Waals surface area (Å²) >= 11 is 11.3. The van der Waals surface area contributed by atoms with Gasteiger partial charge < -0.3 is 4.98 Å². The van der Waals surface area contributed by atoms with Gasteiger partial charge >= 0.3 is 0 Å². The van der Waals surface area contributed by atoms with Crippen LogP contribution < -0.4 is 0 Å². The fourth-order valence-corrected chi connectivity index (χ4v) is 3.84. The van der Waals surface area contributed by atoms with Crippen LogP contribution in [-0.4, -0.2) is 47.5 Å². The van der Waals surface area contributed by atoms with Gasteiger partial charge in [-0.25, -0.2) is 13.4 Å². The maximum Gasteiger partial charge on any atom is 0.246 e. The number of aromatic amines is 1. The summed E-state index contributed by atoms with van der Waals surface area (Å²) in [6, 6.07) is 6.08. The number of aromatic nitrogens is 2. The van der Waals surface area contributed by atoms with E-state index >= 15 is 0 Å². The Balaban J connectivity index is 2.17. The lowest BCUT2D eigenvalue weighted by Gasteiger charge is -2.20. The maximum atomic E-state index is 12.5. The van der Waals surface area contributed by atoms with Gasteiger partial charge in [0, 0.05) is 37.2 Å². The average Bonchev–Trinajstić information content (AvgIpc) is 3.06. The van der Waals surface area contributed by atoms with Crippen LogP contribution in [0.2, 0.25) is 0 Å². The lowest BCUT2D eigenvalue weighted by atomic mass is 10.3. The Morgan fingerprint density at radius 2 is 1.74 bits per heavy atom. The molecule has 0 amide bonds. The van der Waals surface area contributed by atoms with Crippen molar-refractivity contribution in [3.05, 3.63) is 36.7 Å². The first-order valence-electron chi connectivity index (χ1n) is 6.71. The molecule has 0 aliphatic rings. The zero-order valence-electron chi connectivity index (χ0n) is 12.1. The molecule has 1 aromatic carbocycles. The van der Waals surface area contributed by atoms with E-state index in [1.807, 2.05) is 0 Å². The summed E-state index contributed by atoms with van der Waals surface area (Å²) in [6.45, 7) is 0.410. The molecule has 1 aromatic heterocycles. The molecule has 2 rings (SSSR count). The van der Waals surface area contributed by atoms with Gasteiger partial charge in [0.25, 0.3) is 0 Å². The minimum Gasteiger partial charge on any atom is -0.328 e. The number of alkyl halides is 2. The van der Waals surface area contributed by atoms with Crippen molar-refractivity contribution in [2.24, 2.45) is 10.2 Å². The van der Waals surface area contributed by atoms with Crippen molar-refractivity contribution in [3.8, 4) is 0 Å². The van der Waals surface area contributed by atoms with Gasteiger partial charge in [0.2, 0.25) is 16.0 Å². The Kier molecular flexibility index (Phi) is 6.52. The van der Waals surface area contributed by atoms with Crippen molar-refractivity contribution in [2.45, 2.75) is 4.90 Å². The van der Waals surface area contributed by atoms with Crippen LogP contribution in [0.1, 0.15) is 0 Å². The molecular weight excluding hydrogens is 361 g/mol. The number of benzene rings is 1. The Morgan fingerprint density at radius 3 is 2.26 bits per heavy atom. The van der Waals surface area contributed by atoms with Gasteiger partial charge in [-0.05, 0) is 24.3 Å². The standard InChI is InChI=1S/C13H15Cl2N5O2S/c14-5-9-20(10-6-15)23(21,22)12-3-1-11(2-4-12)18-19-13-16-7-8-17-13/h1-4,7-8H,5-6,9-10H2,(H,16,17). The molecule has 0 saturated carbocycles. The Morgan fingerprint density at radius 1 is 1.09 bits per heavy atom. The Bertz CT molecular complexity index is 726. The number of azo groups is 1. The van der Waals surface area contributed by atoms with E-state index in [0.717, 1.165) is 0 Å². The van der Waals surface area contributed by atoms with Crippen LogP contribution in [-0.2, 0) is 10.0 Å². The van der Waals surface area contributed by atoms with Crippen molar-refractivity contribution < 1.29 is 8.42 Å². The molecular formula is C13H15Cl2N5O2S. The molecule has 0 saturated heterocycles. The van der Waals surface area contributed by atoms with Crippen LogP contribution in [0.5, 0.6) is 0 Å². The molecule has 2 aromatic rings. The largest absolute Gasteiger partial charge is 0.328 e. The number of rotatable bonds is 8. The minimum atomic E-state index is -3.63. The maximum absolute atomic E-state index is 12.5. The molecule has 0 aliphatic carbocycles. The van der Waals surface area contributed by atoms with Gasteiger partial charge in [-0.15, -0.1) is 33.4 Å². The zero-order valence-corrected chi connectivity index (χ0v) is 14.4. The summed E-state index contributed by atoms with van der Waals surface area (Å²) in [5.41, 5.74) is 0.515. The summed E-state index contributed by atoms with van der Waals surface area (Å²) in [5, 5.41) is 7.86. The molecule has 10 heteroatoms. The molecule has 1 N–H and O–H groups in total. The summed E-state index contributed by atoms with van der Waals surface area (Å²) in [6.07, 6.45) is 3.19. The van der Waals surface area contributed by atoms with Gasteiger partial charge in [0.1, 0.15) is 0 Å². The molecule has 0 radical (unpaired) electrons. The predicted molar refractivity (Wildman–Crippen MR) is 89.4 cm³/mol. The number of nitrogens with one attached hydrogen (secondary N) is 1. The van der Waals surface area contributed by atoms with E-state index in [-0.39, 0.29) is 29.7 Å². The second kappa shape index (κ2) is 8.39. The Hall–Kier alpha value is -1.48. The van der Waals surface area contributed by atoms with E-state index in [2.05, 4.69) is 20.2 Å². The van der Waals surface area contributed by atoms with E-state index in [4.69, 9.17) is 23.2 Å². The quantitative estimate of drug-likeness (QED) is 0.566. The number of nitrogens with zero attached hydrogens (tertiary/aromatic N) is 4. The van der Waals surface area contributed by atoms with E-state index in [0.29, 0.717) is 11.6 Å². The van der Waals surface area contributed by atoms with Crippen molar-refractivity contribution in [3.63, 3.8) is 0 Å². The van der Waals surface area contributed by atoms with E-state index in [1.54, 1.807) is 24.5 Å². The van der Waals surface area contributed by atoms with Crippen molar-refractivity contribution in [2.75, 3.05) is 24.8 Å². The topological polar surface area (TPSA) is 90.8 Å². The zero-order chi connectivity index (χ0) is 16.7. The molecule has 0 aliphatic heterocycles. The van der Waals surface area contributed by atoms with Gasteiger partial charge in [0.05, 0.1) is 10.6 Å². The highest BCUT2D eigenvalue weighted by atomic mass is 35.5. The van der Waals surface area contributed by atoms with Crippen LogP contribution in [0.4, 0.5) is 11.6 Å². The molecule has 0 bridgehead atoms. The Labute approximate surface area is 144 Å². The third-order valence-corrected chi connectivity index (χ3v) is 5.14. The van der Waals surface area contributed by atoms with Crippen LogP contribution in [0.3, 0.4) is 0 Å². The van der Waals surface area contributed by atoms with Crippen LogP contribution >= 0.6 is 23.2 Å². The second-order valence-corrected chi connectivity index (χ2v) is 7.08. The normalized spacial score (nSPS) is 12.3. The van der Waals surface area contributed by atoms with Crippen LogP contribution in [0, 0.1) is 0 Å². The first-order chi connectivity index (χ1) is 11.1. The van der Waals surface area contributed by atoms with Gasteiger partial charge in [-0.1, -0.05) is 0 Å². The van der Waals surface area contributed by atoms with E-state index in [1.165, 1.54) is 16.4 Å². The lowest BCUT2D eigenvalue weighted by Crippen LogP contribution is -2.34. The van der Waals surface area contributed by atoms with Gasteiger partial charge in [-0.2, -0.15) is 4.31 Å². The monoisotopic (exact) mass is 375 g/mol. The van der Waals surface area contributed by atoms with Gasteiger partial charge in [-0.3, -0.25) is 0 Å². The predicted octanol–water partition coefficient (Wildman–Crippen LogP) is 3.29. The molecule has 23 heavy (non-hydrogen) atoms. The van der Waals surface area contributed by atoms with E-state index in [9.17, 15) is 8.42 Å². The molecule has 1 heterocycles. The second-order valence-electron chi connectivity index (χ2n) is 4.39. The summed E-state index contributed by atoms with van der Waals surface area (Å²) in [4.78, 5) is 6.85. The molecule has 7 nitrogen and oxygen atoms in total. The fourth-order valence-electron chi connectivity index (χ4n) is 1.79. The van der Waals surface area contributed by atoms with Crippen molar-refractivity contribution in [1.82, 2.24) is 14.3 Å². The molecule has 0 atom stereocenters. The third-order valence-electron chi connectivity index (χ3n) is 2.89. The van der Waals surface area contributed by atoms with Gasteiger partial charge in [0.15, 0.2) is 0 Å². The molecule has 124 valence electrons. The average molecular weight is 376 g/mol. The van der Waals surface area contributed by atoms with Crippen LogP contribution in [0.15, 0.2) is 51.8 Å². The van der Waals surface area contributed by atoms with Crippen LogP contribution in [0.25, 0.3) is 0 Å². The summed E-state index contributed by atoms with van der Waals surface area (Å²) < 4.78 is 26.3. The number of imidazole rings is 1. The summed E-state index contributed by atoms with van der Waals surface area (Å²) in [7, 11) is -3.63. The summed E-state index contributed by atoms with van der Waals surface area (Å²) in [5.74, 6) is 0.772. The number of H-pyrrole nitrogens is 1. The SMILES string of the molecule is O=S(=O)(c1ccc(N=Nc2ncc[nH]2)cc1)N(CCCl)CCCl. The van der Waals surface area contributed by atoms with Crippen molar-refractivity contribution >= 4 is 44.9 Å². The third kappa shape index (κ3) is 4.74. The highest BCUT2D eigenvalue weighted by molar-refractivity contribution is 7.89. The number of sulfonamides is 1. The first kappa shape index (κ1) is 17.9. The molecule has 0 spiro atoms. The molecule has 0 fully saturated rings. The number of hydrogen-bond acceptors (Lipinski definition) is 5.